The van der Waals surface area contributed by atoms with Gasteiger partial charge < -0.3 is 5.32 Å². The standard InChI is InChI=1S/C11H7ClF3N3/c1-5-16-9(12)4-10(17-5)18-11-7(14)2-6(13)3-8(11)15/h2-4H,1H3,(H,16,17,18). The van der Waals surface area contributed by atoms with Gasteiger partial charge >= 0.3 is 0 Å². The van der Waals surface area contributed by atoms with E-state index in [2.05, 4.69) is 15.3 Å². The highest BCUT2D eigenvalue weighted by atomic mass is 35.5. The molecule has 0 saturated carbocycles. The molecule has 0 amide bonds. The minimum atomic E-state index is -1.06. The van der Waals surface area contributed by atoms with Crippen molar-refractivity contribution in [3.63, 3.8) is 0 Å². The van der Waals surface area contributed by atoms with Crippen LogP contribution < -0.4 is 5.32 Å². The molecule has 0 radical (unpaired) electrons. The van der Waals surface area contributed by atoms with Crippen molar-refractivity contribution in [3.05, 3.63) is 46.6 Å². The summed E-state index contributed by atoms with van der Waals surface area (Å²) in [5, 5.41) is 2.53. The fourth-order valence-corrected chi connectivity index (χ4v) is 1.61. The lowest BCUT2D eigenvalue weighted by atomic mass is 10.2. The number of halogens is 4. The zero-order valence-electron chi connectivity index (χ0n) is 9.14. The summed E-state index contributed by atoms with van der Waals surface area (Å²) in [5.74, 6) is -2.64. The summed E-state index contributed by atoms with van der Waals surface area (Å²) < 4.78 is 39.5. The van der Waals surface area contributed by atoms with Crippen LogP contribution in [-0.4, -0.2) is 9.97 Å². The molecule has 2 rings (SSSR count). The number of benzene rings is 1. The molecule has 0 fully saturated rings. The Balaban J connectivity index is 2.40. The molecule has 94 valence electrons. The zero-order valence-corrected chi connectivity index (χ0v) is 9.89. The highest BCUT2D eigenvalue weighted by Crippen LogP contribution is 2.24. The van der Waals surface area contributed by atoms with Gasteiger partial charge in [-0.3, -0.25) is 0 Å². The van der Waals surface area contributed by atoms with Gasteiger partial charge in [0.25, 0.3) is 0 Å². The third-order valence-electron chi connectivity index (χ3n) is 2.07. The van der Waals surface area contributed by atoms with Crippen LogP contribution >= 0.6 is 11.6 Å². The van der Waals surface area contributed by atoms with Gasteiger partial charge in [-0.25, -0.2) is 23.1 Å². The van der Waals surface area contributed by atoms with Crippen LogP contribution in [0.4, 0.5) is 24.7 Å². The third kappa shape index (κ3) is 2.70. The summed E-state index contributed by atoms with van der Waals surface area (Å²) >= 11 is 5.68. The van der Waals surface area contributed by atoms with E-state index in [0.29, 0.717) is 18.0 Å². The fraction of sp³-hybridized carbons (Fsp3) is 0.0909. The highest BCUT2D eigenvalue weighted by molar-refractivity contribution is 6.29. The maximum absolute atomic E-state index is 13.4. The van der Waals surface area contributed by atoms with Crippen LogP contribution in [-0.2, 0) is 0 Å². The lowest BCUT2D eigenvalue weighted by Crippen LogP contribution is -2.02. The minimum Gasteiger partial charge on any atom is -0.335 e. The van der Waals surface area contributed by atoms with Gasteiger partial charge in [0, 0.05) is 18.2 Å². The van der Waals surface area contributed by atoms with Gasteiger partial charge in [0.1, 0.15) is 28.3 Å². The van der Waals surface area contributed by atoms with E-state index >= 15 is 0 Å². The molecule has 3 nitrogen and oxygen atoms in total. The molecule has 1 aromatic carbocycles. The van der Waals surface area contributed by atoms with Crippen molar-refractivity contribution >= 4 is 23.1 Å². The number of nitrogens with zero attached hydrogens (tertiary/aromatic N) is 2. The molecule has 0 bridgehead atoms. The summed E-state index contributed by atoms with van der Waals surface area (Å²) in [4.78, 5) is 7.70. The predicted octanol–water partition coefficient (Wildman–Crippen LogP) is 3.60. The first kappa shape index (κ1) is 12.6. The summed E-state index contributed by atoms with van der Waals surface area (Å²) in [7, 11) is 0. The molecule has 0 spiro atoms. The van der Waals surface area contributed by atoms with E-state index in [4.69, 9.17) is 11.6 Å². The number of nitrogens with one attached hydrogen (secondary N) is 1. The maximum atomic E-state index is 13.4. The molecule has 0 aliphatic heterocycles. The molecule has 18 heavy (non-hydrogen) atoms. The zero-order chi connectivity index (χ0) is 13.3. The SMILES string of the molecule is Cc1nc(Cl)cc(Nc2c(F)cc(F)cc2F)n1. The van der Waals surface area contributed by atoms with E-state index < -0.39 is 23.1 Å². The minimum absolute atomic E-state index is 0.122. The second kappa shape index (κ2) is 4.81. The van der Waals surface area contributed by atoms with Crippen molar-refractivity contribution < 1.29 is 13.2 Å². The summed E-state index contributed by atoms with van der Waals surface area (Å²) in [6.45, 7) is 1.58. The topological polar surface area (TPSA) is 37.8 Å². The van der Waals surface area contributed by atoms with E-state index in [9.17, 15) is 13.2 Å². The van der Waals surface area contributed by atoms with E-state index in [-0.39, 0.29) is 11.0 Å². The first-order chi connectivity index (χ1) is 8.45. The van der Waals surface area contributed by atoms with E-state index in [1.165, 1.54) is 6.07 Å². The molecular weight excluding hydrogens is 267 g/mol. The monoisotopic (exact) mass is 273 g/mol. The molecule has 0 aliphatic carbocycles. The Hall–Kier alpha value is -1.82. The molecule has 1 aromatic heterocycles. The molecule has 0 aliphatic rings. The molecule has 2 aromatic rings. The number of hydrogen-bond donors (Lipinski definition) is 1. The largest absolute Gasteiger partial charge is 0.335 e. The first-order valence-electron chi connectivity index (χ1n) is 4.88. The average molecular weight is 274 g/mol. The molecule has 0 saturated heterocycles. The molecule has 0 atom stereocenters. The quantitative estimate of drug-likeness (QED) is 0.850. The number of aromatic nitrogens is 2. The van der Waals surface area contributed by atoms with Gasteiger partial charge in [-0.2, -0.15) is 0 Å². The summed E-state index contributed by atoms with van der Waals surface area (Å²) in [5.41, 5.74) is -0.495. The van der Waals surface area contributed by atoms with E-state index in [1.807, 2.05) is 0 Å². The van der Waals surface area contributed by atoms with Crippen molar-refractivity contribution in [3.8, 4) is 0 Å². The number of hydrogen-bond acceptors (Lipinski definition) is 3. The smallest absolute Gasteiger partial charge is 0.152 e. The Labute approximate surface area is 106 Å². The van der Waals surface area contributed by atoms with Gasteiger partial charge in [-0.15, -0.1) is 0 Å². The summed E-state index contributed by atoms with van der Waals surface area (Å²) in [6, 6.07) is 2.44. The van der Waals surface area contributed by atoms with Crippen molar-refractivity contribution in [1.82, 2.24) is 9.97 Å². The molecular formula is C11H7ClF3N3. The van der Waals surface area contributed by atoms with Gasteiger partial charge in [0.2, 0.25) is 0 Å². The van der Waals surface area contributed by atoms with Crippen LogP contribution in [0.1, 0.15) is 5.82 Å². The lowest BCUT2D eigenvalue weighted by molar-refractivity contribution is 0.548. The molecule has 1 N–H and O–H groups in total. The average Bonchev–Trinajstić information content (AvgIpc) is 2.22. The normalized spacial score (nSPS) is 10.5. The van der Waals surface area contributed by atoms with Crippen LogP contribution in [0, 0.1) is 24.4 Å². The fourth-order valence-electron chi connectivity index (χ4n) is 1.38. The maximum Gasteiger partial charge on any atom is 0.152 e. The van der Waals surface area contributed by atoms with Crippen molar-refractivity contribution in [1.29, 1.82) is 0 Å². The highest BCUT2D eigenvalue weighted by Gasteiger charge is 2.12. The van der Waals surface area contributed by atoms with Crippen LogP contribution in [0.15, 0.2) is 18.2 Å². The number of rotatable bonds is 2. The van der Waals surface area contributed by atoms with Crippen molar-refractivity contribution in [2.24, 2.45) is 0 Å². The van der Waals surface area contributed by atoms with Crippen molar-refractivity contribution in [2.45, 2.75) is 6.92 Å². The van der Waals surface area contributed by atoms with Crippen molar-refractivity contribution in [2.75, 3.05) is 5.32 Å². The molecule has 1 heterocycles. The third-order valence-corrected chi connectivity index (χ3v) is 2.26. The van der Waals surface area contributed by atoms with Gasteiger partial charge in [-0.05, 0) is 6.92 Å². The lowest BCUT2D eigenvalue weighted by Gasteiger charge is -2.08. The van der Waals surface area contributed by atoms with E-state index in [1.54, 1.807) is 6.92 Å². The van der Waals surface area contributed by atoms with Gasteiger partial charge in [-0.1, -0.05) is 11.6 Å². The Morgan fingerprint density at radius 1 is 1.06 bits per heavy atom. The van der Waals surface area contributed by atoms with E-state index in [0.717, 1.165) is 0 Å². The Bertz CT molecular complexity index is 561. The van der Waals surface area contributed by atoms with Gasteiger partial charge in [0.15, 0.2) is 11.6 Å². The van der Waals surface area contributed by atoms with Crippen LogP contribution in [0.3, 0.4) is 0 Å². The Morgan fingerprint density at radius 3 is 2.22 bits per heavy atom. The molecule has 7 heteroatoms. The van der Waals surface area contributed by atoms with Crippen LogP contribution in [0.25, 0.3) is 0 Å². The van der Waals surface area contributed by atoms with Gasteiger partial charge in [0.05, 0.1) is 0 Å². The number of aryl methyl sites for hydroxylation is 1. The number of anilines is 2. The second-order valence-electron chi connectivity index (χ2n) is 3.49. The second-order valence-corrected chi connectivity index (χ2v) is 3.88. The first-order valence-corrected chi connectivity index (χ1v) is 5.26. The Morgan fingerprint density at radius 2 is 1.67 bits per heavy atom. The predicted molar refractivity (Wildman–Crippen MR) is 61.4 cm³/mol. The van der Waals surface area contributed by atoms with Crippen LogP contribution in [0.5, 0.6) is 0 Å². The summed E-state index contributed by atoms with van der Waals surface area (Å²) in [6.07, 6.45) is 0. The van der Waals surface area contributed by atoms with Crippen LogP contribution in [0.2, 0.25) is 5.15 Å². The molecule has 0 unspecified atom stereocenters. The Kier molecular flexibility index (Phi) is 3.38.